The summed E-state index contributed by atoms with van der Waals surface area (Å²) in [6.07, 6.45) is 3.12. The lowest BCUT2D eigenvalue weighted by molar-refractivity contribution is -0.132. The van der Waals surface area contributed by atoms with Gasteiger partial charge in [-0.25, -0.2) is 4.79 Å². The maximum absolute atomic E-state index is 10.7. The molecule has 0 aliphatic rings. The fraction of sp³-hybridized carbons (Fsp3) is 0.250. The molecule has 1 aromatic carbocycles. The van der Waals surface area contributed by atoms with Crippen molar-refractivity contribution in [1.29, 1.82) is 0 Å². The minimum Gasteiger partial charge on any atom is -0.478 e. The zero-order valence-corrected chi connectivity index (χ0v) is 9.02. The van der Waals surface area contributed by atoms with E-state index in [9.17, 15) is 4.79 Å². The smallest absolute Gasteiger partial charge is 0.332 e. The molecule has 0 radical (unpaired) electrons. The molecule has 0 spiro atoms. The van der Waals surface area contributed by atoms with Crippen molar-refractivity contribution in [3.63, 3.8) is 0 Å². The molecule has 0 aliphatic heterocycles. The average molecular weight is 220 g/mol. The number of aryl methyl sites for hydroxylation is 1. The van der Waals surface area contributed by atoms with Gasteiger partial charge in [0.15, 0.2) is 0 Å². The van der Waals surface area contributed by atoms with Crippen LogP contribution < -0.4 is 11.5 Å². The maximum Gasteiger partial charge on any atom is 0.332 e. The van der Waals surface area contributed by atoms with E-state index in [1.54, 1.807) is 6.08 Å². The van der Waals surface area contributed by atoms with Gasteiger partial charge in [0.2, 0.25) is 0 Å². The summed E-state index contributed by atoms with van der Waals surface area (Å²) in [5.41, 5.74) is 13.0. The number of hydrogen-bond acceptors (Lipinski definition) is 3. The van der Waals surface area contributed by atoms with E-state index in [0.717, 1.165) is 17.7 Å². The summed E-state index contributed by atoms with van der Waals surface area (Å²) >= 11 is 0. The zero-order chi connectivity index (χ0) is 12.0. The number of nitrogens with two attached hydrogens (primary N) is 2. The third-order valence-electron chi connectivity index (χ3n) is 2.30. The highest BCUT2D eigenvalue weighted by Gasteiger charge is 2.03. The Bertz CT molecular complexity index is 383. The van der Waals surface area contributed by atoms with E-state index in [1.165, 1.54) is 0 Å². The molecule has 5 N–H and O–H groups in total. The van der Waals surface area contributed by atoms with Crippen molar-refractivity contribution in [3.05, 3.63) is 41.5 Å². The second-order valence-corrected chi connectivity index (χ2v) is 3.52. The SMILES string of the molecule is NC/C(=C\CCc1ccc(N)cc1)C(=O)O. The molecule has 0 fully saturated rings. The minimum atomic E-state index is -0.945. The molecule has 0 amide bonds. The summed E-state index contributed by atoms with van der Waals surface area (Å²) in [7, 11) is 0. The lowest BCUT2D eigenvalue weighted by atomic mass is 10.1. The van der Waals surface area contributed by atoms with Crippen molar-refractivity contribution in [2.45, 2.75) is 12.8 Å². The highest BCUT2D eigenvalue weighted by atomic mass is 16.4. The van der Waals surface area contributed by atoms with E-state index >= 15 is 0 Å². The van der Waals surface area contributed by atoms with Crippen molar-refractivity contribution < 1.29 is 9.90 Å². The Morgan fingerprint density at radius 3 is 2.44 bits per heavy atom. The molecule has 0 aromatic heterocycles. The first-order valence-corrected chi connectivity index (χ1v) is 5.10. The number of carbonyl (C=O) groups is 1. The molecule has 0 saturated carbocycles. The molecule has 16 heavy (non-hydrogen) atoms. The molecular formula is C12H16N2O2. The molecular weight excluding hydrogens is 204 g/mol. The van der Waals surface area contributed by atoms with Crippen LogP contribution in [0.4, 0.5) is 5.69 Å². The quantitative estimate of drug-likeness (QED) is 0.513. The third-order valence-corrected chi connectivity index (χ3v) is 2.30. The van der Waals surface area contributed by atoms with Crippen molar-refractivity contribution in [1.82, 2.24) is 0 Å². The van der Waals surface area contributed by atoms with Crippen LogP contribution in [-0.4, -0.2) is 17.6 Å². The molecule has 0 unspecified atom stereocenters. The Kier molecular flexibility index (Phi) is 4.54. The summed E-state index contributed by atoms with van der Waals surface area (Å²) in [6.45, 7) is 0.0665. The number of anilines is 1. The second kappa shape index (κ2) is 5.92. The van der Waals surface area contributed by atoms with Gasteiger partial charge in [0.05, 0.1) is 0 Å². The summed E-state index contributed by atoms with van der Waals surface area (Å²) < 4.78 is 0. The van der Waals surface area contributed by atoms with Gasteiger partial charge in [0.25, 0.3) is 0 Å². The topological polar surface area (TPSA) is 89.3 Å². The molecule has 1 aromatic rings. The molecule has 0 saturated heterocycles. The lowest BCUT2D eigenvalue weighted by Gasteiger charge is -2.00. The lowest BCUT2D eigenvalue weighted by Crippen LogP contribution is -2.12. The van der Waals surface area contributed by atoms with Crippen LogP contribution in [0, 0.1) is 0 Å². The van der Waals surface area contributed by atoms with E-state index in [4.69, 9.17) is 16.6 Å². The molecule has 4 nitrogen and oxygen atoms in total. The first-order valence-electron chi connectivity index (χ1n) is 5.10. The highest BCUT2D eigenvalue weighted by molar-refractivity contribution is 5.86. The van der Waals surface area contributed by atoms with Crippen molar-refractivity contribution in [3.8, 4) is 0 Å². The van der Waals surface area contributed by atoms with E-state index in [0.29, 0.717) is 6.42 Å². The van der Waals surface area contributed by atoms with Crippen LogP contribution in [-0.2, 0) is 11.2 Å². The number of carboxylic acid groups (broad SMARTS) is 1. The maximum atomic E-state index is 10.7. The first-order chi connectivity index (χ1) is 7.63. The van der Waals surface area contributed by atoms with E-state index in [2.05, 4.69) is 0 Å². The Balaban J connectivity index is 2.52. The Morgan fingerprint density at radius 1 is 1.31 bits per heavy atom. The van der Waals surface area contributed by atoms with Gasteiger partial charge >= 0.3 is 5.97 Å². The van der Waals surface area contributed by atoms with Crippen molar-refractivity contribution >= 4 is 11.7 Å². The second-order valence-electron chi connectivity index (χ2n) is 3.52. The molecule has 4 heteroatoms. The van der Waals surface area contributed by atoms with E-state index < -0.39 is 5.97 Å². The predicted octanol–water partition coefficient (Wildman–Crippen LogP) is 1.17. The molecule has 0 bridgehead atoms. The Labute approximate surface area is 94.6 Å². The molecule has 0 heterocycles. The first kappa shape index (κ1) is 12.3. The fourth-order valence-electron chi connectivity index (χ4n) is 1.36. The van der Waals surface area contributed by atoms with Gasteiger partial charge < -0.3 is 16.6 Å². The van der Waals surface area contributed by atoms with Gasteiger partial charge in [-0.2, -0.15) is 0 Å². The van der Waals surface area contributed by atoms with Crippen LogP contribution in [0.1, 0.15) is 12.0 Å². The number of rotatable bonds is 5. The molecule has 86 valence electrons. The number of allylic oxidation sites excluding steroid dienone is 1. The van der Waals surface area contributed by atoms with Crippen molar-refractivity contribution in [2.75, 3.05) is 12.3 Å². The fourth-order valence-corrected chi connectivity index (χ4v) is 1.36. The van der Waals surface area contributed by atoms with Crippen LogP contribution in [0.2, 0.25) is 0 Å². The Hall–Kier alpha value is -1.81. The highest BCUT2D eigenvalue weighted by Crippen LogP contribution is 2.08. The number of nitrogen functional groups attached to an aromatic ring is 1. The monoisotopic (exact) mass is 220 g/mol. The van der Waals surface area contributed by atoms with Gasteiger partial charge in [-0.3, -0.25) is 0 Å². The van der Waals surface area contributed by atoms with Gasteiger partial charge in [0, 0.05) is 17.8 Å². The summed E-state index contributed by atoms with van der Waals surface area (Å²) in [5.74, 6) is -0.945. The Morgan fingerprint density at radius 2 is 1.94 bits per heavy atom. The summed E-state index contributed by atoms with van der Waals surface area (Å²) in [6, 6.07) is 7.54. The predicted molar refractivity (Wildman–Crippen MR) is 63.9 cm³/mol. The minimum absolute atomic E-state index is 0.0665. The third kappa shape index (κ3) is 3.74. The summed E-state index contributed by atoms with van der Waals surface area (Å²) in [5, 5.41) is 8.74. The van der Waals surface area contributed by atoms with Crippen molar-refractivity contribution in [2.24, 2.45) is 5.73 Å². The normalized spacial score (nSPS) is 11.4. The molecule has 0 aliphatic carbocycles. The largest absolute Gasteiger partial charge is 0.478 e. The van der Waals surface area contributed by atoms with Crippen LogP contribution in [0.25, 0.3) is 0 Å². The van der Waals surface area contributed by atoms with E-state index in [-0.39, 0.29) is 12.1 Å². The van der Waals surface area contributed by atoms with Gasteiger partial charge in [-0.15, -0.1) is 0 Å². The van der Waals surface area contributed by atoms with Gasteiger partial charge in [-0.1, -0.05) is 18.2 Å². The van der Waals surface area contributed by atoms with Crippen LogP contribution >= 0.6 is 0 Å². The van der Waals surface area contributed by atoms with Crippen LogP contribution in [0.15, 0.2) is 35.9 Å². The number of carboxylic acids is 1. The zero-order valence-electron chi connectivity index (χ0n) is 9.02. The van der Waals surface area contributed by atoms with E-state index in [1.807, 2.05) is 24.3 Å². The number of hydrogen-bond donors (Lipinski definition) is 3. The molecule has 0 atom stereocenters. The molecule has 1 rings (SSSR count). The number of benzene rings is 1. The number of aliphatic carboxylic acids is 1. The standard InChI is InChI=1S/C12H16N2O2/c13-8-10(12(15)16)3-1-2-9-4-6-11(14)7-5-9/h3-7H,1-2,8,13-14H2,(H,15,16)/b10-3+. The van der Waals surface area contributed by atoms with Crippen LogP contribution in [0.5, 0.6) is 0 Å². The van der Waals surface area contributed by atoms with Crippen LogP contribution in [0.3, 0.4) is 0 Å². The van der Waals surface area contributed by atoms with Gasteiger partial charge in [-0.05, 0) is 30.5 Å². The van der Waals surface area contributed by atoms with Gasteiger partial charge in [0.1, 0.15) is 0 Å². The summed E-state index contributed by atoms with van der Waals surface area (Å²) in [4.78, 5) is 10.7. The average Bonchev–Trinajstić information content (AvgIpc) is 2.26.